The topological polar surface area (TPSA) is 38.7 Å². The molecule has 0 radical (unpaired) electrons. The molecule has 2 aromatic rings. The number of nitrogens with zero attached hydrogens (tertiary/aromatic N) is 1. The summed E-state index contributed by atoms with van der Waals surface area (Å²) in [5, 5.41) is 3.92. The van der Waals surface area contributed by atoms with E-state index in [-0.39, 0.29) is 5.97 Å². The van der Waals surface area contributed by atoms with Crippen molar-refractivity contribution < 1.29 is 9.63 Å². The molecule has 3 rings (SSSR count). The Kier molecular flexibility index (Phi) is 4.03. The van der Waals surface area contributed by atoms with Crippen molar-refractivity contribution in [1.29, 1.82) is 0 Å². The number of oxime groups is 1. The third-order valence-corrected chi connectivity index (χ3v) is 4.65. The van der Waals surface area contributed by atoms with Crippen LogP contribution in [0.3, 0.4) is 0 Å². The van der Waals surface area contributed by atoms with Crippen LogP contribution >= 0.6 is 0 Å². The highest BCUT2D eigenvalue weighted by molar-refractivity contribution is 5.89. The molecule has 2 aromatic carbocycles. The molecule has 0 N–H and O–H groups in total. The van der Waals surface area contributed by atoms with E-state index in [1.54, 1.807) is 6.21 Å². The predicted octanol–water partition coefficient (Wildman–Crippen LogP) is 4.57. The number of carbonyl (C=O) groups excluding carboxylic acids is 1. The fraction of sp³-hybridized carbons (Fsp3) is 0.300. The highest BCUT2D eigenvalue weighted by Gasteiger charge is 2.27. The van der Waals surface area contributed by atoms with E-state index in [0.29, 0.717) is 0 Å². The minimum Gasteiger partial charge on any atom is -0.318 e. The molecule has 1 aliphatic carbocycles. The summed E-state index contributed by atoms with van der Waals surface area (Å²) in [6, 6.07) is 14.6. The van der Waals surface area contributed by atoms with Crippen LogP contribution < -0.4 is 0 Å². The van der Waals surface area contributed by atoms with Crippen LogP contribution in [0.2, 0.25) is 0 Å². The van der Waals surface area contributed by atoms with Crippen LogP contribution in [0.5, 0.6) is 0 Å². The first-order valence-electron chi connectivity index (χ1n) is 7.98. The normalized spacial score (nSPS) is 13.0. The molecule has 0 atom stereocenters. The molecule has 1 aliphatic rings. The molecule has 0 spiro atoms. The zero-order valence-electron chi connectivity index (χ0n) is 13.8. The molecule has 3 nitrogen and oxygen atoms in total. The zero-order valence-corrected chi connectivity index (χ0v) is 13.8. The molecular weight excluding hydrogens is 286 g/mol. The lowest BCUT2D eigenvalue weighted by atomic mass is 9.91. The van der Waals surface area contributed by atoms with Gasteiger partial charge in [0.25, 0.3) is 0 Å². The van der Waals surface area contributed by atoms with Crippen molar-refractivity contribution in [3.05, 3.63) is 59.2 Å². The third kappa shape index (κ3) is 2.91. The highest BCUT2D eigenvalue weighted by Crippen LogP contribution is 2.37. The Balaban J connectivity index is 1.82. The second-order valence-corrected chi connectivity index (χ2v) is 6.56. The van der Waals surface area contributed by atoms with E-state index in [1.807, 2.05) is 32.9 Å². The van der Waals surface area contributed by atoms with Crippen molar-refractivity contribution >= 4 is 12.2 Å². The molecule has 3 heteroatoms. The Hall–Kier alpha value is -2.42. The van der Waals surface area contributed by atoms with Crippen molar-refractivity contribution in [3.8, 4) is 11.1 Å². The zero-order chi connectivity index (χ0) is 16.4. The lowest BCUT2D eigenvalue weighted by molar-refractivity contribution is -0.154. The van der Waals surface area contributed by atoms with E-state index < -0.39 is 5.41 Å². The predicted molar refractivity (Wildman–Crippen MR) is 92.4 cm³/mol. The van der Waals surface area contributed by atoms with Gasteiger partial charge in [0.2, 0.25) is 0 Å². The van der Waals surface area contributed by atoms with Crippen LogP contribution in [0.25, 0.3) is 11.1 Å². The standard InChI is InChI=1S/C20H21NO2/c1-4-20(2,3)19(22)23-21-13-15-9-7-11-17-16-10-6-5-8-14(16)12-18(15)17/h5-11,13H,4,12H2,1-3H3/b21-13+. The van der Waals surface area contributed by atoms with Crippen LogP contribution in [0, 0.1) is 5.41 Å². The summed E-state index contributed by atoms with van der Waals surface area (Å²) in [6.45, 7) is 5.69. The van der Waals surface area contributed by atoms with Crippen molar-refractivity contribution in [2.45, 2.75) is 33.6 Å². The molecule has 0 fully saturated rings. The van der Waals surface area contributed by atoms with Gasteiger partial charge in [-0.05, 0) is 48.9 Å². The fourth-order valence-electron chi connectivity index (χ4n) is 2.70. The lowest BCUT2D eigenvalue weighted by Gasteiger charge is -2.17. The van der Waals surface area contributed by atoms with Gasteiger partial charge in [-0.15, -0.1) is 0 Å². The minimum absolute atomic E-state index is 0.299. The van der Waals surface area contributed by atoms with Crippen LogP contribution in [0.15, 0.2) is 47.6 Å². The van der Waals surface area contributed by atoms with Gasteiger partial charge in [-0.3, -0.25) is 0 Å². The molecule has 118 valence electrons. The SMILES string of the molecule is CCC(C)(C)C(=O)O/N=C/c1cccc2c1Cc1ccccc1-2. The van der Waals surface area contributed by atoms with Crippen molar-refractivity contribution in [2.24, 2.45) is 10.6 Å². The smallest absolute Gasteiger partial charge is 0.318 e. The number of fused-ring (bicyclic) bond motifs is 3. The fourth-order valence-corrected chi connectivity index (χ4v) is 2.70. The Morgan fingerprint density at radius 2 is 1.91 bits per heavy atom. The van der Waals surface area contributed by atoms with Gasteiger partial charge in [0, 0.05) is 5.56 Å². The summed E-state index contributed by atoms with van der Waals surface area (Å²) in [6.07, 6.45) is 3.26. The number of hydrogen-bond donors (Lipinski definition) is 0. The average molecular weight is 307 g/mol. The van der Waals surface area contributed by atoms with Gasteiger partial charge in [0.1, 0.15) is 0 Å². The maximum atomic E-state index is 12.0. The Bertz CT molecular complexity index is 775. The highest BCUT2D eigenvalue weighted by atomic mass is 16.7. The molecule has 0 saturated heterocycles. The van der Waals surface area contributed by atoms with E-state index >= 15 is 0 Å². The van der Waals surface area contributed by atoms with Gasteiger partial charge >= 0.3 is 5.97 Å². The second-order valence-electron chi connectivity index (χ2n) is 6.56. The maximum absolute atomic E-state index is 12.0. The van der Waals surface area contributed by atoms with E-state index in [9.17, 15) is 4.79 Å². The van der Waals surface area contributed by atoms with E-state index in [4.69, 9.17) is 4.84 Å². The van der Waals surface area contributed by atoms with Gasteiger partial charge in [0.05, 0.1) is 11.6 Å². The molecular formula is C20H21NO2. The monoisotopic (exact) mass is 307 g/mol. The average Bonchev–Trinajstić information content (AvgIpc) is 2.94. The minimum atomic E-state index is -0.508. The first-order chi connectivity index (χ1) is 11.0. The molecule has 0 aromatic heterocycles. The van der Waals surface area contributed by atoms with E-state index in [1.165, 1.54) is 22.3 Å². The molecule has 0 saturated carbocycles. The van der Waals surface area contributed by atoms with Crippen molar-refractivity contribution in [1.82, 2.24) is 0 Å². The molecule has 0 amide bonds. The number of rotatable bonds is 4. The summed E-state index contributed by atoms with van der Waals surface area (Å²) >= 11 is 0. The molecule has 23 heavy (non-hydrogen) atoms. The largest absolute Gasteiger partial charge is 0.340 e. The number of benzene rings is 2. The third-order valence-electron chi connectivity index (χ3n) is 4.65. The number of hydrogen-bond acceptors (Lipinski definition) is 3. The molecule has 0 aliphatic heterocycles. The summed E-state index contributed by atoms with van der Waals surface area (Å²) < 4.78 is 0. The van der Waals surface area contributed by atoms with Gasteiger partial charge in [-0.25, -0.2) is 4.79 Å². The van der Waals surface area contributed by atoms with E-state index in [0.717, 1.165) is 18.4 Å². The molecule has 0 unspecified atom stereocenters. The quantitative estimate of drug-likeness (QED) is 0.402. The summed E-state index contributed by atoms with van der Waals surface area (Å²) in [4.78, 5) is 17.0. The van der Waals surface area contributed by atoms with Crippen LogP contribution in [-0.4, -0.2) is 12.2 Å². The van der Waals surface area contributed by atoms with Crippen molar-refractivity contribution in [2.75, 3.05) is 0 Å². The second kappa shape index (κ2) is 5.99. The summed E-state index contributed by atoms with van der Waals surface area (Å²) in [5.41, 5.74) is 5.58. The van der Waals surface area contributed by atoms with Crippen LogP contribution in [0.4, 0.5) is 0 Å². The van der Waals surface area contributed by atoms with Crippen molar-refractivity contribution in [3.63, 3.8) is 0 Å². The Labute approximate surface area is 137 Å². The summed E-state index contributed by atoms with van der Waals surface area (Å²) in [7, 11) is 0. The first kappa shape index (κ1) is 15.5. The molecule has 0 bridgehead atoms. The first-order valence-corrected chi connectivity index (χ1v) is 7.98. The lowest BCUT2D eigenvalue weighted by Crippen LogP contribution is -2.24. The van der Waals surface area contributed by atoms with Gasteiger partial charge < -0.3 is 4.84 Å². The Morgan fingerprint density at radius 3 is 2.70 bits per heavy atom. The van der Waals surface area contributed by atoms with Crippen LogP contribution in [-0.2, 0) is 16.1 Å². The van der Waals surface area contributed by atoms with Gasteiger partial charge in [-0.1, -0.05) is 54.5 Å². The van der Waals surface area contributed by atoms with Gasteiger partial charge in [-0.2, -0.15) is 0 Å². The Morgan fingerprint density at radius 1 is 1.17 bits per heavy atom. The number of carbonyl (C=O) groups is 1. The van der Waals surface area contributed by atoms with Gasteiger partial charge in [0.15, 0.2) is 0 Å². The maximum Gasteiger partial charge on any atom is 0.340 e. The van der Waals surface area contributed by atoms with Crippen LogP contribution in [0.1, 0.15) is 43.9 Å². The molecule has 0 heterocycles. The van der Waals surface area contributed by atoms with E-state index in [2.05, 4.69) is 35.5 Å². The summed E-state index contributed by atoms with van der Waals surface area (Å²) in [5.74, 6) is -0.299.